The van der Waals surface area contributed by atoms with E-state index >= 15 is 0 Å². The van der Waals surface area contributed by atoms with Gasteiger partial charge in [-0.3, -0.25) is 9.48 Å². The van der Waals surface area contributed by atoms with Crippen LogP contribution in [0, 0.1) is 0 Å². The van der Waals surface area contributed by atoms with Gasteiger partial charge in [0.05, 0.1) is 17.9 Å². The topological polar surface area (TPSA) is 75.4 Å². The minimum Gasteiger partial charge on any atom is -0.480 e. The average Bonchev–Trinajstić information content (AvgIpc) is 2.85. The number of likely N-dealkylation sites (tertiary alicyclic amines) is 1. The minimum absolute atomic E-state index is 0.0957. The Morgan fingerprint density at radius 1 is 1.61 bits per heavy atom. The van der Waals surface area contributed by atoms with Crippen molar-refractivity contribution in [2.75, 3.05) is 0 Å². The molecule has 1 aromatic rings. The van der Waals surface area contributed by atoms with Gasteiger partial charge in [0.2, 0.25) is 5.91 Å². The summed E-state index contributed by atoms with van der Waals surface area (Å²) >= 11 is 0. The highest BCUT2D eigenvalue weighted by Gasteiger charge is 2.36. The number of carbonyl (C=O) groups is 2. The van der Waals surface area contributed by atoms with Crippen molar-refractivity contribution in [2.24, 2.45) is 7.05 Å². The molecule has 1 aliphatic heterocycles. The molecule has 0 spiro atoms. The standard InChI is InChI=1S/C12H17N3O3/c1-3-8-6-9(14(2)13-8)7-15-10(12(17)18)4-5-11(15)16/h6,10H,3-5,7H2,1-2H3,(H,17,18). The minimum atomic E-state index is -0.932. The smallest absolute Gasteiger partial charge is 0.326 e. The summed E-state index contributed by atoms with van der Waals surface area (Å²) in [4.78, 5) is 24.2. The van der Waals surface area contributed by atoms with Crippen molar-refractivity contribution in [2.45, 2.75) is 38.8 Å². The molecule has 0 aromatic carbocycles. The number of nitrogens with zero attached hydrogens (tertiary/aromatic N) is 3. The molecule has 1 aromatic heterocycles. The summed E-state index contributed by atoms with van der Waals surface area (Å²) in [6.07, 6.45) is 1.53. The molecule has 1 atom stereocenters. The van der Waals surface area contributed by atoms with Gasteiger partial charge in [-0.15, -0.1) is 0 Å². The van der Waals surface area contributed by atoms with Crippen LogP contribution in [0.3, 0.4) is 0 Å². The maximum atomic E-state index is 11.7. The van der Waals surface area contributed by atoms with Crippen LogP contribution in [0.1, 0.15) is 31.2 Å². The van der Waals surface area contributed by atoms with Gasteiger partial charge in [0, 0.05) is 13.5 Å². The molecule has 0 bridgehead atoms. The normalized spacial score (nSPS) is 19.6. The van der Waals surface area contributed by atoms with E-state index in [9.17, 15) is 9.59 Å². The zero-order chi connectivity index (χ0) is 13.3. The van der Waals surface area contributed by atoms with Crippen LogP contribution in [0.15, 0.2) is 6.07 Å². The number of rotatable bonds is 4. The van der Waals surface area contributed by atoms with E-state index in [0.717, 1.165) is 17.8 Å². The molecule has 2 heterocycles. The number of carboxylic acid groups (broad SMARTS) is 1. The molecule has 0 radical (unpaired) electrons. The van der Waals surface area contributed by atoms with Gasteiger partial charge in [0.1, 0.15) is 6.04 Å². The summed E-state index contributed by atoms with van der Waals surface area (Å²) in [5.41, 5.74) is 1.82. The Labute approximate surface area is 105 Å². The van der Waals surface area contributed by atoms with E-state index in [1.54, 1.807) is 4.68 Å². The third kappa shape index (κ3) is 2.23. The number of amides is 1. The Morgan fingerprint density at radius 2 is 2.33 bits per heavy atom. The number of carboxylic acids is 1. The maximum Gasteiger partial charge on any atom is 0.326 e. The zero-order valence-electron chi connectivity index (χ0n) is 10.6. The molecule has 18 heavy (non-hydrogen) atoms. The van der Waals surface area contributed by atoms with Crippen molar-refractivity contribution in [3.8, 4) is 0 Å². The van der Waals surface area contributed by atoms with Crippen LogP contribution in [0.4, 0.5) is 0 Å². The molecule has 1 unspecified atom stereocenters. The number of aryl methyl sites for hydroxylation is 2. The summed E-state index contributed by atoms with van der Waals surface area (Å²) in [7, 11) is 1.81. The Balaban J connectivity index is 2.18. The van der Waals surface area contributed by atoms with Crippen molar-refractivity contribution in [3.63, 3.8) is 0 Å². The van der Waals surface area contributed by atoms with Crippen LogP contribution in [0.2, 0.25) is 0 Å². The van der Waals surface area contributed by atoms with Crippen LogP contribution in [0.25, 0.3) is 0 Å². The molecule has 6 nitrogen and oxygen atoms in total. The molecular weight excluding hydrogens is 234 g/mol. The van der Waals surface area contributed by atoms with Crippen molar-refractivity contribution < 1.29 is 14.7 Å². The molecule has 0 aliphatic carbocycles. The fourth-order valence-electron chi connectivity index (χ4n) is 2.26. The summed E-state index contributed by atoms with van der Waals surface area (Å²) in [6.45, 7) is 2.33. The van der Waals surface area contributed by atoms with Crippen LogP contribution in [0.5, 0.6) is 0 Å². The lowest BCUT2D eigenvalue weighted by Gasteiger charge is -2.21. The van der Waals surface area contributed by atoms with Crippen LogP contribution >= 0.6 is 0 Å². The van der Waals surface area contributed by atoms with E-state index in [4.69, 9.17) is 5.11 Å². The van der Waals surface area contributed by atoms with Gasteiger partial charge < -0.3 is 10.0 Å². The molecule has 2 rings (SSSR count). The third-order valence-corrected chi connectivity index (χ3v) is 3.34. The summed E-state index contributed by atoms with van der Waals surface area (Å²) in [5.74, 6) is -1.03. The zero-order valence-corrected chi connectivity index (χ0v) is 10.6. The predicted octanol–water partition coefficient (Wildman–Crippen LogP) is 0.558. The van der Waals surface area contributed by atoms with Crippen molar-refractivity contribution in [3.05, 3.63) is 17.5 Å². The lowest BCUT2D eigenvalue weighted by atomic mass is 10.2. The Bertz CT molecular complexity index is 481. The fourth-order valence-corrected chi connectivity index (χ4v) is 2.26. The quantitative estimate of drug-likeness (QED) is 0.848. The predicted molar refractivity (Wildman–Crippen MR) is 63.8 cm³/mol. The number of aliphatic carboxylic acids is 1. The molecular formula is C12H17N3O3. The Morgan fingerprint density at radius 3 is 2.89 bits per heavy atom. The van der Waals surface area contributed by atoms with Crippen molar-refractivity contribution in [1.29, 1.82) is 0 Å². The van der Waals surface area contributed by atoms with E-state index < -0.39 is 12.0 Å². The highest BCUT2D eigenvalue weighted by molar-refractivity contribution is 5.87. The van der Waals surface area contributed by atoms with Gasteiger partial charge in [0.15, 0.2) is 0 Å². The van der Waals surface area contributed by atoms with Gasteiger partial charge in [-0.05, 0) is 18.9 Å². The molecule has 6 heteroatoms. The largest absolute Gasteiger partial charge is 0.480 e. The maximum absolute atomic E-state index is 11.7. The second kappa shape index (κ2) is 4.80. The van der Waals surface area contributed by atoms with Gasteiger partial charge in [-0.1, -0.05) is 6.92 Å². The van der Waals surface area contributed by atoms with E-state index in [2.05, 4.69) is 5.10 Å². The molecule has 1 saturated heterocycles. The number of hydrogen-bond acceptors (Lipinski definition) is 3. The summed E-state index contributed by atoms with van der Waals surface area (Å²) < 4.78 is 1.71. The van der Waals surface area contributed by atoms with Crippen LogP contribution < -0.4 is 0 Å². The second-order valence-electron chi connectivity index (χ2n) is 4.52. The monoisotopic (exact) mass is 251 g/mol. The molecule has 0 saturated carbocycles. The molecule has 1 N–H and O–H groups in total. The van der Waals surface area contributed by atoms with Crippen molar-refractivity contribution >= 4 is 11.9 Å². The number of carbonyl (C=O) groups excluding carboxylic acids is 1. The average molecular weight is 251 g/mol. The third-order valence-electron chi connectivity index (χ3n) is 3.34. The second-order valence-corrected chi connectivity index (χ2v) is 4.52. The first-order valence-corrected chi connectivity index (χ1v) is 6.07. The first-order valence-electron chi connectivity index (χ1n) is 6.07. The Kier molecular flexibility index (Phi) is 3.36. The van der Waals surface area contributed by atoms with Crippen molar-refractivity contribution in [1.82, 2.24) is 14.7 Å². The van der Waals surface area contributed by atoms with Crippen LogP contribution in [-0.4, -0.2) is 37.7 Å². The van der Waals surface area contributed by atoms with E-state index in [0.29, 0.717) is 19.4 Å². The van der Waals surface area contributed by atoms with E-state index in [1.165, 1.54) is 4.90 Å². The van der Waals surface area contributed by atoms with Gasteiger partial charge in [-0.2, -0.15) is 5.10 Å². The van der Waals surface area contributed by atoms with E-state index in [-0.39, 0.29) is 5.91 Å². The lowest BCUT2D eigenvalue weighted by molar-refractivity contribution is -0.146. The molecule has 1 aliphatic rings. The van der Waals surface area contributed by atoms with Gasteiger partial charge >= 0.3 is 5.97 Å². The highest BCUT2D eigenvalue weighted by atomic mass is 16.4. The lowest BCUT2D eigenvalue weighted by Crippen LogP contribution is -2.38. The first-order chi connectivity index (χ1) is 8.52. The highest BCUT2D eigenvalue weighted by Crippen LogP contribution is 2.21. The van der Waals surface area contributed by atoms with Gasteiger partial charge in [-0.25, -0.2) is 4.79 Å². The molecule has 1 fully saturated rings. The summed E-state index contributed by atoms with van der Waals surface area (Å²) in [5, 5.41) is 13.4. The van der Waals surface area contributed by atoms with Gasteiger partial charge in [0.25, 0.3) is 0 Å². The number of aromatic nitrogens is 2. The van der Waals surface area contributed by atoms with E-state index in [1.807, 2.05) is 20.0 Å². The summed E-state index contributed by atoms with van der Waals surface area (Å²) in [6, 6.07) is 1.22. The van der Waals surface area contributed by atoms with Crippen LogP contribution in [-0.2, 0) is 29.6 Å². The Hall–Kier alpha value is -1.85. The molecule has 1 amide bonds. The fraction of sp³-hybridized carbons (Fsp3) is 0.583. The SMILES string of the molecule is CCc1cc(CN2C(=O)CCC2C(=O)O)n(C)n1. The molecule has 98 valence electrons. The first kappa shape index (κ1) is 12.6. The number of hydrogen-bond donors (Lipinski definition) is 1.